The Bertz CT molecular complexity index is 707. The quantitative estimate of drug-likeness (QED) is 0.852. The number of aromatic nitrogens is 2. The van der Waals surface area contributed by atoms with E-state index >= 15 is 0 Å². The average Bonchev–Trinajstić information content (AvgIpc) is 3.20. The molecule has 22 heavy (non-hydrogen) atoms. The molecule has 3 heterocycles. The maximum atomic E-state index is 13.4. The Kier molecular flexibility index (Phi) is 3.11. The van der Waals surface area contributed by atoms with E-state index in [-0.39, 0.29) is 17.1 Å². The highest BCUT2D eigenvalue weighted by molar-refractivity contribution is 7.13. The maximum Gasteiger partial charge on any atom is 0.227 e. The standard InChI is InChI=1S/C15H15FN4OS/c16-11-2-1-3-12(6-11)20-9-15(7-13(20)21)4-5-19(8-15)14-18-17-10-22-14/h1-3,6,10H,4-5,7-9H2/t15-/m0/s1. The number of hydrogen-bond acceptors (Lipinski definition) is 5. The van der Waals surface area contributed by atoms with Crippen molar-refractivity contribution < 1.29 is 9.18 Å². The third-order valence-electron chi connectivity index (χ3n) is 4.50. The summed E-state index contributed by atoms with van der Waals surface area (Å²) < 4.78 is 13.4. The first-order valence-electron chi connectivity index (χ1n) is 7.22. The fourth-order valence-corrected chi connectivity index (χ4v) is 4.04. The summed E-state index contributed by atoms with van der Waals surface area (Å²) in [5.41, 5.74) is 2.31. The lowest BCUT2D eigenvalue weighted by molar-refractivity contribution is -0.117. The van der Waals surface area contributed by atoms with E-state index in [1.807, 2.05) is 0 Å². The Balaban J connectivity index is 1.55. The van der Waals surface area contributed by atoms with Crippen molar-refractivity contribution in [1.29, 1.82) is 0 Å². The summed E-state index contributed by atoms with van der Waals surface area (Å²) in [6.07, 6.45) is 1.46. The van der Waals surface area contributed by atoms with Crippen molar-refractivity contribution in [2.75, 3.05) is 29.4 Å². The minimum atomic E-state index is -0.312. The van der Waals surface area contributed by atoms with Gasteiger partial charge in [0.05, 0.1) is 0 Å². The summed E-state index contributed by atoms with van der Waals surface area (Å²) in [6.45, 7) is 2.34. The molecule has 1 aromatic carbocycles. The monoisotopic (exact) mass is 318 g/mol. The van der Waals surface area contributed by atoms with Crippen molar-refractivity contribution in [3.8, 4) is 0 Å². The first-order chi connectivity index (χ1) is 10.7. The first kappa shape index (κ1) is 13.6. The molecule has 0 unspecified atom stereocenters. The molecule has 7 heteroatoms. The van der Waals surface area contributed by atoms with E-state index in [1.54, 1.807) is 22.5 Å². The van der Waals surface area contributed by atoms with Gasteiger partial charge in [-0.3, -0.25) is 4.79 Å². The van der Waals surface area contributed by atoms with Crippen molar-refractivity contribution in [1.82, 2.24) is 10.2 Å². The fourth-order valence-electron chi connectivity index (χ4n) is 3.45. The van der Waals surface area contributed by atoms with Crippen LogP contribution in [-0.4, -0.2) is 35.7 Å². The van der Waals surface area contributed by atoms with Gasteiger partial charge in [-0.25, -0.2) is 4.39 Å². The largest absolute Gasteiger partial charge is 0.346 e. The first-order valence-corrected chi connectivity index (χ1v) is 8.10. The van der Waals surface area contributed by atoms with Gasteiger partial charge in [-0.05, 0) is 24.6 Å². The van der Waals surface area contributed by atoms with Crippen LogP contribution in [0.5, 0.6) is 0 Å². The molecule has 1 spiro atoms. The van der Waals surface area contributed by atoms with Gasteiger partial charge in [0.15, 0.2) is 0 Å². The molecule has 2 aromatic rings. The lowest BCUT2D eigenvalue weighted by Crippen LogP contribution is -2.31. The van der Waals surface area contributed by atoms with Crippen LogP contribution in [0.1, 0.15) is 12.8 Å². The maximum absolute atomic E-state index is 13.4. The van der Waals surface area contributed by atoms with Crippen LogP contribution in [0.4, 0.5) is 15.2 Å². The molecule has 2 aliphatic heterocycles. The number of nitrogens with zero attached hydrogens (tertiary/aromatic N) is 4. The molecule has 114 valence electrons. The normalized spacial score (nSPS) is 24.7. The third-order valence-corrected chi connectivity index (χ3v) is 5.25. The van der Waals surface area contributed by atoms with E-state index in [0.717, 1.165) is 24.6 Å². The Hall–Kier alpha value is -2.02. The molecule has 0 aliphatic carbocycles. The molecule has 0 radical (unpaired) electrons. The topological polar surface area (TPSA) is 49.3 Å². The molecule has 2 aliphatic rings. The van der Waals surface area contributed by atoms with Crippen LogP contribution in [0.3, 0.4) is 0 Å². The van der Waals surface area contributed by atoms with Crippen LogP contribution in [0.2, 0.25) is 0 Å². The average molecular weight is 318 g/mol. The predicted molar refractivity (Wildman–Crippen MR) is 82.5 cm³/mol. The van der Waals surface area contributed by atoms with Crippen molar-refractivity contribution in [3.05, 3.63) is 35.6 Å². The highest BCUT2D eigenvalue weighted by Crippen LogP contribution is 2.43. The van der Waals surface area contributed by atoms with Crippen LogP contribution >= 0.6 is 11.3 Å². The van der Waals surface area contributed by atoms with Crippen LogP contribution in [0, 0.1) is 11.2 Å². The number of halogens is 1. The van der Waals surface area contributed by atoms with E-state index in [2.05, 4.69) is 15.1 Å². The van der Waals surface area contributed by atoms with Crippen molar-refractivity contribution in [2.45, 2.75) is 12.8 Å². The Morgan fingerprint density at radius 1 is 1.32 bits per heavy atom. The number of amides is 1. The van der Waals surface area contributed by atoms with Crippen molar-refractivity contribution in [2.24, 2.45) is 5.41 Å². The van der Waals surface area contributed by atoms with E-state index in [4.69, 9.17) is 0 Å². The highest BCUT2D eigenvalue weighted by atomic mass is 32.1. The second-order valence-electron chi connectivity index (χ2n) is 6.03. The van der Waals surface area contributed by atoms with Gasteiger partial charge in [-0.15, -0.1) is 10.2 Å². The number of anilines is 2. The van der Waals surface area contributed by atoms with Gasteiger partial charge in [-0.2, -0.15) is 0 Å². The van der Waals surface area contributed by atoms with E-state index in [1.165, 1.54) is 23.5 Å². The van der Waals surface area contributed by atoms with Gasteiger partial charge in [-0.1, -0.05) is 17.4 Å². The second-order valence-corrected chi connectivity index (χ2v) is 6.84. The zero-order valence-electron chi connectivity index (χ0n) is 11.9. The summed E-state index contributed by atoms with van der Waals surface area (Å²) in [5.74, 6) is -0.238. The van der Waals surface area contributed by atoms with Crippen LogP contribution in [-0.2, 0) is 4.79 Å². The van der Waals surface area contributed by atoms with E-state index in [0.29, 0.717) is 18.7 Å². The number of carbonyl (C=O) groups is 1. The van der Waals surface area contributed by atoms with Gasteiger partial charge in [0.25, 0.3) is 0 Å². The van der Waals surface area contributed by atoms with E-state index < -0.39 is 0 Å². The van der Waals surface area contributed by atoms with Crippen LogP contribution in [0.25, 0.3) is 0 Å². The minimum absolute atomic E-state index is 0.0604. The lowest BCUT2D eigenvalue weighted by atomic mass is 9.86. The summed E-state index contributed by atoms with van der Waals surface area (Å²) in [4.78, 5) is 16.3. The molecule has 1 amide bonds. The molecular formula is C15H15FN4OS. The minimum Gasteiger partial charge on any atom is -0.346 e. The van der Waals surface area contributed by atoms with Crippen LogP contribution in [0.15, 0.2) is 29.8 Å². The second kappa shape index (κ2) is 5.01. The summed E-state index contributed by atoms with van der Waals surface area (Å²) in [7, 11) is 0. The molecule has 5 nitrogen and oxygen atoms in total. The van der Waals surface area contributed by atoms with Gasteiger partial charge in [0, 0.05) is 37.2 Å². The third kappa shape index (κ3) is 2.25. The summed E-state index contributed by atoms with van der Waals surface area (Å²) in [5, 5.41) is 8.89. The van der Waals surface area contributed by atoms with Gasteiger partial charge in [0.2, 0.25) is 11.0 Å². The van der Waals surface area contributed by atoms with Gasteiger partial charge < -0.3 is 9.80 Å². The molecule has 2 fully saturated rings. The zero-order valence-corrected chi connectivity index (χ0v) is 12.7. The van der Waals surface area contributed by atoms with Gasteiger partial charge >= 0.3 is 0 Å². The molecule has 0 bridgehead atoms. The van der Waals surface area contributed by atoms with Crippen LogP contribution < -0.4 is 9.80 Å². The van der Waals surface area contributed by atoms with Crippen molar-refractivity contribution >= 4 is 28.1 Å². The summed E-state index contributed by atoms with van der Waals surface area (Å²) >= 11 is 1.52. The molecular weight excluding hydrogens is 303 g/mol. The predicted octanol–water partition coefficient (Wildman–Crippen LogP) is 2.31. The lowest BCUT2D eigenvalue weighted by Gasteiger charge is -2.23. The zero-order chi connectivity index (χ0) is 15.2. The smallest absolute Gasteiger partial charge is 0.227 e. The number of carbonyl (C=O) groups excluding carboxylic acids is 1. The molecule has 0 saturated carbocycles. The van der Waals surface area contributed by atoms with Crippen molar-refractivity contribution in [3.63, 3.8) is 0 Å². The highest BCUT2D eigenvalue weighted by Gasteiger charge is 2.48. The summed E-state index contributed by atoms with van der Waals surface area (Å²) in [6, 6.07) is 6.25. The SMILES string of the molecule is O=C1C[C@]2(CCN(c3nncs3)C2)CN1c1cccc(F)c1. The number of benzene rings is 1. The number of hydrogen-bond donors (Lipinski definition) is 0. The number of rotatable bonds is 2. The molecule has 0 N–H and O–H groups in total. The van der Waals surface area contributed by atoms with Gasteiger partial charge in [0.1, 0.15) is 11.3 Å². The molecule has 1 atom stereocenters. The molecule has 2 saturated heterocycles. The Morgan fingerprint density at radius 3 is 3.00 bits per heavy atom. The molecule has 1 aromatic heterocycles. The Morgan fingerprint density at radius 2 is 2.23 bits per heavy atom. The fraction of sp³-hybridized carbons (Fsp3) is 0.400. The Labute approximate surface area is 131 Å². The molecule has 4 rings (SSSR count). The van der Waals surface area contributed by atoms with E-state index in [9.17, 15) is 9.18 Å².